The van der Waals surface area contributed by atoms with Gasteiger partial charge in [0.15, 0.2) is 0 Å². The third-order valence-corrected chi connectivity index (χ3v) is 2.91. The Kier molecular flexibility index (Phi) is 8.35. The van der Waals surface area contributed by atoms with Crippen LogP contribution in [0.5, 0.6) is 23.0 Å². The molecule has 0 aliphatic heterocycles. The van der Waals surface area contributed by atoms with Gasteiger partial charge in [-0.15, -0.1) is 0 Å². The molecule has 0 fully saturated rings. The maximum absolute atomic E-state index is 9.17. The van der Waals surface area contributed by atoms with Gasteiger partial charge < -0.3 is 20.1 Å². The molecule has 2 aromatic carbocycles. The number of hydrogen-bond acceptors (Lipinski definition) is 4. The Balaban J connectivity index is 0.000000255. The van der Waals surface area contributed by atoms with E-state index in [1.54, 1.807) is 24.3 Å². The first-order valence-corrected chi connectivity index (χ1v) is 7.51. The van der Waals surface area contributed by atoms with Gasteiger partial charge in [-0.2, -0.15) is 0 Å². The fourth-order valence-corrected chi connectivity index (χ4v) is 1.79. The molecule has 4 heteroatoms. The summed E-state index contributed by atoms with van der Waals surface area (Å²) in [5.74, 6) is 1.19. The minimum absolute atomic E-state index is 0.0880. The summed E-state index contributed by atoms with van der Waals surface area (Å²) in [5, 5.41) is 26.5. The molecule has 0 aliphatic rings. The first-order chi connectivity index (χ1) is 10.6. The van der Waals surface area contributed by atoms with Crippen molar-refractivity contribution in [1.29, 1.82) is 0 Å². The molecule has 0 aromatic heterocycles. The molecule has 0 saturated carbocycles. The smallest absolute Gasteiger partial charge is 0.122 e. The van der Waals surface area contributed by atoms with E-state index in [2.05, 4.69) is 6.92 Å². The van der Waals surface area contributed by atoms with Gasteiger partial charge in [0.25, 0.3) is 0 Å². The van der Waals surface area contributed by atoms with E-state index in [0.717, 1.165) is 18.8 Å². The van der Waals surface area contributed by atoms with E-state index in [9.17, 15) is 5.11 Å². The lowest BCUT2D eigenvalue weighted by molar-refractivity contribution is 0.303. The van der Waals surface area contributed by atoms with Crippen molar-refractivity contribution in [1.82, 2.24) is 0 Å². The van der Waals surface area contributed by atoms with Gasteiger partial charge in [0, 0.05) is 12.1 Å². The van der Waals surface area contributed by atoms with E-state index in [1.807, 2.05) is 6.07 Å². The topological polar surface area (TPSA) is 69.9 Å². The summed E-state index contributed by atoms with van der Waals surface area (Å²) in [5.41, 5.74) is 0. The van der Waals surface area contributed by atoms with Crippen LogP contribution < -0.4 is 4.74 Å². The predicted octanol–water partition coefficient (Wildman–Crippen LogP) is 4.45. The molecule has 2 rings (SSSR count). The number of rotatable bonds is 6. The van der Waals surface area contributed by atoms with Crippen molar-refractivity contribution in [3.8, 4) is 23.0 Å². The van der Waals surface area contributed by atoms with E-state index in [-0.39, 0.29) is 17.2 Å². The zero-order chi connectivity index (χ0) is 16.2. The summed E-state index contributed by atoms with van der Waals surface area (Å²) in [6, 6.07) is 12.8. The molecule has 2 aromatic rings. The molecule has 0 bridgehead atoms. The highest BCUT2D eigenvalue weighted by atomic mass is 16.5. The van der Waals surface area contributed by atoms with Crippen LogP contribution in [0.25, 0.3) is 0 Å². The van der Waals surface area contributed by atoms with Gasteiger partial charge in [0.05, 0.1) is 6.61 Å². The first kappa shape index (κ1) is 17.7. The highest BCUT2D eigenvalue weighted by Crippen LogP contribution is 2.18. The first-order valence-electron chi connectivity index (χ1n) is 7.51. The number of unbranched alkanes of at least 4 members (excludes halogenated alkanes) is 3. The molecule has 0 heterocycles. The molecular formula is C18H24O4. The lowest BCUT2D eigenvalue weighted by Gasteiger charge is -2.05. The fourth-order valence-electron chi connectivity index (χ4n) is 1.79. The molecule has 22 heavy (non-hydrogen) atoms. The monoisotopic (exact) mass is 304 g/mol. The predicted molar refractivity (Wildman–Crippen MR) is 87.5 cm³/mol. The van der Waals surface area contributed by atoms with E-state index < -0.39 is 0 Å². The van der Waals surface area contributed by atoms with Crippen molar-refractivity contribution in [2.45, 2.75) is 32.6 Å². The molecule has 0 atom stereocenters. The number of hydrogen-bond donors (Lipinski definition) is 3. The van der Waals surface area contributed by atoms with Crippen LogP contribution in [-0.2, 0) is 0 Å². The Bertz CT molecular complexity index is 523. The van der Waals surface area contributed by atoms with Crippen molar-refractivity contribution in [3.63, 3.8) is 0 Å². The fraction of sp³-hybridized carbons (Fsp3) is 0.333. The van der Waals surface area contributed by atoms with Crippen LogP contribution in [0.15, 0.2) is 48.5 Å². The van der Waals surface area contributed by atoms with Crippen LogP contribution in [0, 0.1) is 0 Å². The second-order valence-electron chi connectivity index (χ2n) is 4.93. The SMILES string of the molecule is CCCCCCOc1cccc(O)c1.Oc1cccc(O)c1. The third kappa shape index (κ3) is 8.04. The van der Waals surface area contributed by atoms with Gasteiger partial charge in [-0.05, 0) is 30.7 Å². The van der Waals surface area contributed by atoms with Gasteiger partial charge in [0.1, 0.15) is 23.0 Å². The second-order valence-corrected chi connectivity index (χ2v) is 4.93. The van der Waals surface area contributed by atoms with Crippen molar-refractivity contribution >= 4 is 0 Å². The van der Waals surface area contributed by atoms with Crippen LogP contribution >= 0.6 is 0 Å². The van der Waals surface area contributed by atoms with Crippen LogP contribution in [0.2, 0.25) is 0 Å². The summed E-state index contributed by atoms with van der Waals surface area (Å²) in [7, 11) is 0. The Morgan fingerprint density at radius 1 is 0.773 bits per heavy atom. The van der Waals surface area contributed by atoms with Crippen LogP contribution in [0.4, 0.5) is 0 Å². The highest BCUT2D eigenvalue weighted by molar-refractivity contribution is 5.31. The maximum Gasteiger partial charge on any atom is 0.122 e. The lowest BCUT2D eigenvalue weighted by Crippen LogP contribution is -1.96. The largest absolute Gasteiger partial charge is 0.508 e. The summed E-state index contributed by atoms with van der Waals surface area (Å²) in [4.78, 5) is 0. The molecule has 0 radical (unpaired) electrons. The maximum atomic E-state index is 9.17. The standard InChI is InChI=1S/C12H18O2.C6H6O2/c1-2-3-4-5-9-14-12-8-6-7-11(13)10-12;7-5-2-1-3-6(8)4-5/h6-8,10,13H,2-5,9H2,1H3;1-4,7-8H. The summed E-state index contributed by atoms with van der Waals surface area (Å²) in [6.45, 7) is 2.93. The zero-order valence-corrected chi connectivity index (χ0v) is 12.9. The van der Waals surface area contributed by atoms with E-state index in [4.69, 9.17) is 14.9 Å². The lowest BCUT2D eigenvalue weighted by atomic mass is 10.2. The summed E-state index contributed by atoms with van der Waals surface area (Å²) in [6.07, 6.45) is 4.81. The molecule has 0 spiro atoms. The molecule has 4 nitrogen and oxygen atoms in total. The zero-order valence-electron chi connectivity index (χ0n) is 12.9. The van der Waals surface area contributed by atoms with E-state index in [0.29, 0.717) is 0 Å². The average molecular weight is 304 g/mol. The van der Waals surface area contributed by atoms with Gasteiger partial charge >= 0.3 is 0 Å². The molecular weight excluding hydrogens is 280 g/mol. The van der Waals surface area contributed by atoms with Crippen molar-refractivity contribution in [2.24, 2.45) is 0 Å². The summed E-state index contributed by atoms with van der Waals surface area (Å²) >= 11 is 0. The van der Waals surface area contributed by atoms with Crippen molar-refractivity contribution in [2.75, 3.05) is 6.61 Å². The molecule has 0 unspecified atom stereocenters. The third-order valence-electron chi connectivity index (χ3n) is 2.91. The highest BCUT2D eigenvalue weighted by Gasteiger charge is 1.94. The van der Waals surface area contributed by atoms with Gasteiger partial charge in [-0.3, -0.25) is 0 Å². The minimum Gasteiger partial charge on any atom is -0.508 e. The number of phenolic OH excluding ortho intramolecular Hbond substituents is 3. The Hall–Kier alpha value is -2.36. The molecule has 0 aliphatic carbocycles. The molecule has 120 valence electrons. The van der Waals surface area contributed by atoms with Crippen molar-refractivity contribution in [3.05, 3.63) is 48.5 Å². The normalized spacial score (nSPS) is 9.68. The van der Waals surface area contributed by atoms with Gasteiger partial charge in [0.2, 0.25) is 0 Å². The minimum atomic E-state index is 0.0880. The molecule has 0 saturated heterocycles. The Labute approximate surface area is 131 Å². The molecule has 3 N–H and O–H groups in total. The number of ether oxygens (including phenoxy) is 1. The average Bonchev–Trinajstić information content (AvgIpc) is 2.47. The van der Waals surface area contributed by atoms with E-state index >= 15 is 0 Å². The Morgan fingerprint density at radius 3 is 1.86 bits per heavy atom. The van der Waals surface area contributed by atoms with Gasteiger partial charge in [-0.1, -0.05) is 38.3 Å². The quantitative estimate of drug-likeness (QED) is 0.690. The molecule has 0 amide bonds. The Morgan fingerprint density at radius 2 is 1.36 bits per heavy atom. The number of benzene rings is 2. The van der Waals surface area contributed by atoms with Crippen LogP contribution in [0.1, 0.15) is 32.6 Å². The number of aromatic hydroxyl groups is 3. The van der Waals surface area contributed by atoms with Crippen LogP contribution in [0.3, 0.4) is 0 Å². The number of phenols is 3. The second kappa shape index (κ2) is 10.4. The van der Waals surface area contributed by atoms with Crippen molar-refractivity contribution < 1.29 is 20.1 Å². The van der Waals surface area contributed by atoms with Crippen LogP contribution in [-0.4, -0.2) is 21.9 Å². The van der Waals surface area contributed by atoms with E-state index in [1.165, 1.54) is 37.5 Å². The van der Waals surface area contributed by atoms with Gasteiger partial charge in [-0.25, -0.2) is 0 Å². The summed E-state index contributed by atoms with van der Waals surface area (Å²) < 4.78 is 5.47.